The maximum Gasteiger partial charge on any atom is 0.338 e. The van der Waals surface area contributed by atoms with Gasteiger partial charge in [-0.2, -0.15) is 0 Å². The van der Waals surface area contributed by atoms with Gasteiger partial charge >= 0.3 is 11.9 Å². The molecule has 0 saturated heterocycles. The Labute approximate surface area is 139 Å². The van der Waals surface area contributed by atoms with Gasteiger partial charge < -0.3 is 14.8 Å². The highest BCUT2D eigenvalue weighted by Gasteiger charge is 2.24. The van der Waals surface area contributed by atoms with E-state index in [0.717, 1.165) is 0 Å². The maximum atomic E-state index is 12.1. The first kappa shape index (κ1) is 17.2. The molecular formula is C18H17NO5. The first-order valence-electron chi connectivity index (χ1n) is 7.27. The van der Waals surface area contributed by atoms with E-state index >= 15 is 0 Å². The molecule has 0 heterocycles. The van der Waals surface area contributed by atoms with E-state index in [1.807, 2.05) is 0 Å². The summed E-state index contributed by atoms with van der Waals surface area (Å²) in [6.07, 6.45) is 0. The van der Waals surface area contributed by atoms with E-state index in [0.29, 0.717) is 11.1 Å². The Morgan fingerprint density at radius 2 is 1.46 bits per heavy atom. The second-order valence-electron chi connectivity index (χ2n) is 4.88. The van der Waals surface area contributed by atoms with E-state index in [1.54, 1.807) is 60.7 Å². The first-order valence-corrected chi connectivity index (χ1v) is 7.27. The molecular weight excluding hydrogens is 310 g/mol. The van der Waals surface area contributed by atoms with Crippen molar-refractivity contribution >= 4 is 17.8 Å². The molecule has 6 heteroatoms. The third-order valence-electron chi connectivity index (χ3n) is 3.22. The number of amides is 1. The second-order valence-corrected chi connectivity index (χ2v) is 4.88. The molecule has 2 rings (SSSR count). The van der Waals surface area contributed by atoms with E-state index < -0.39 is 23.9 Å². The topological polar surface area (TPSA) is 81.7 Å². The first-order chi connectivity index (χ1) is 11.6. The molecule has 0 saturated carbocycles. The third kappa shape index (κ3) is 4.67. The fourth-order valence-corrected chi connectivity index (χ4v) is 1.96. The fourth-order valence-electron chi connectivity index (χ4n) is 1.96. The van der Waals surface area contributed by atoms with Gasteiger partial charge in [0.2, 0.25) is 0 Å². The van der Waals surface area contributed by atoms with Crippen molar-refractivity contribution in [3.05, 3.63) is 71.8 Å². The van der Waals surface area contributed by atoms with Gasteiger partial charge in [-0.25, -0.2) is 9.59 Å². The molecule has 0 aromatic heterocycles. The summed E-state index contributed by atoms with van der Waals surface area (Å²) < 4.78 is 9.74. The molecule has 6 nitrogen and oxygen atoms in total. The molecule has 0 aliphatic rings. The standard InChI is InChI=1S/C18H17NO5/c1-23-18(22)15(19-16(20)13-8-4-2-5-9-13)12-24-17(21)14-10-6-3-7-11-14/h2-11,15H,12H2,1H3,(H,19,20)/t15-/m0/s1. The number of carbonyl (C=O) groups is 3. The van der Waals surface area contributed by atoms with Gasteiger partial charge in [-0.3, -0.25) is 4.79 Å². The lowest BCUT2D eigenvalue weighted by molar-refractivity contribution is -0.143. The van der Waals surface area contributed by atoms with Crippen LogP contribution >= 0.6 is 0 Å². The molecule has 0 fully saturated rings. The third-order valence-corrected chi connectivity index (χ3v) is 3.22. The van der Waals surface area contributed by atoms with Crippen molar-refractivity contribution in [3.63, 3.8) is 0 Å². The number of carbonyl (C=O) groups excluding carboxylic acids is 3. The van der Waals surface area contributed by atoms with Crippen LogP contribution in [0.2, 0.25) is 0 Å². The zero-order valence-electron chi connectivity index (χ0n) is 13.1. The van der Waals surface area contributed by atoms with Gasteiger partial charge in [0, 0.05) is 5.56 Å². The molecule has 124 valence electrons. The van der Waals surface area contributed by atoms with Crippen LogP contribution in [-0.2, 0) is 14.3 Å². The second kappa shape index (κ2) is 8.47. The molecule has 1 N–H and O–H groups in total. The van der Waals surface area contributed by atoms with Crippen LogP contribution in [0.5, 0.6) is 0 Å². The fraction of sp³-hybridized carbons (Fsp3) is 0.167. The molecule has 0 spiro atoms. The van der Waals surface area contributed by atoms with Gasteiger partial charge in [-0.1, -0.05) is 36.4 Å². The average Bonchev–Trinajstić information content (AvgIpc) is 2.65. The zero-order valence-corrected chi connectivity index (χ0v) is 13.1. The highest BCUT2D eigenvalue weighted by molar-refractivity contribution is 5.97. The number of hydrogen-bond donors (Lipinski definition) is 1. The number of rotatable bonds is 6. The van der Waals surface area contributed by atoms with Crippen LogP contribution in [0.3, 0.4) is 0 Å². The molecule has 24 heavy (non-hydrogen) atoms. The van der Waals surface area contributed by atoms with Crippen LogP contribution in [0.4, 0.5) is 0 Å². The Kier molecular flexibility index (Phi) is 6.08. The number of methoxy groups -OCH3 is 1. The molecule has 1 amide bonds. The Morgan fingerprint density at radius 1 is 0.917 bits per heavy atom. The van der Waals surface area contributed by atoms with Crippen molar-refractivity contribution < 1.29 is 23.9 Å². The summed E-state index contributed by atoms with van der Waals surface area (Å²) in [6.45, 7) is -0.320. The average molecular weight is 327 g/mol. The summed E-state index contributed by atoms with van der Waals surface area (Å²) in [7, 11) is 1.20. The van der Waals surface area contributed by atoms with Gasteiger partial charge in [0.25, 0.3) is 5.91 Å². The predicted molar refractivity (Wildman–Crippen MR) is 86.4 cm³/mol. The lowest BCUT2D eigenvalue weighted by Gasteiger charge is -2.16. The SMILES string of the molecule is COC(=O)[C@H](COC(=O)c1ccccc1)NC(=O)c1ccccc1. The monoisotopic (exact) mass is 327 g/mol. The minimum absolute atomic E-state index is 0.320. The number of esters is 2. The van der Waals surface area contributed by atoms with E-state index in [4.69, 9.17) is 4.74 Å². The lowest BCUT2D eigenvalue weighted by atomic mass is 10.2. The largest absolute Gasteiger partial charge is 0.467 e. The number of nitrogens with one attached hydrogen (secondary N) is 1. The summed E-state index contributed by atoms with van der Waals surface area (Å²) in [5.41, 5.74) is 0.747. The number of benzene rings is 2. The van der Waals surface area contributed by atoms with Gasteiger partial charge in [-0.05, 0) is 24.3 Å². The van der Waals surface area contributed by atoms with Crippen LogP contribution in [0, 0.1) is 0 Å². The van der Waals surface area contributed by atoms with E-state index in [2.05, 4.69) is 10.1 Å². The summed E-state index contributed by atoms with van der Waals surface area (Å²) in [5.74, 6) is -1.74. The van der Waals surface area contributed by atoms with Crippen molar-refractivity contribution in [2.45, 2.75) is 6.04 Å². The van der Waals surface area contributed by atoms with Crippen LogP contribution in [0.25, 0.3) is 0 Å². The Balaban J connectivity index is 2.00. The maximum absolute atomic E-state index is 12.1. The number of hydrogen-bond acceptors (Lipinski definition) is 5. The summed E-state index contributed by atoms with van der Waals surface area (Å²) in [5, 5.41) is 2.50. The Morgan fingerprint density at radius 3 is 2.00 bits per heavy atom. The normalized spacial score (nSPS) is 11.2. The zero-order chi connectivity index (χ0) is 17.4. The van der Waals surface area contributed by atoms with Crippen molar-refractivity contribution in [2.75, 3.05) is 13.7 Å². The van der Waals surface area contributed by atoms with Crippen LogP contribution in [0.1, 0.15) is 20.7 Å². The minimum Gasteiger partial charge on any atom is -0.467 e. The molecule has 2 aromatic rings. The Bertz CT molecular complexity index is 700. The van der Waals surface area contributed by atoms with E-state index in [-0.39, 0.29) is 6.61 Å². The molecule has 0 aliphatic carbocycles. The number of ether oxygens (including phenoxy) is 2. The van der Waals surface area contributed by atoms with Gasteiger partial charge in [0.1, 0.15) is 6.61 Å². The molecule has 0 aliphatic heterocycles. The van der Waals surface area contributed by atoms with Gasteiger partial charge in [-0.15, -0.1) is 0 Å². The van der Waals surface area contributed by atoms with E-state index in [9.17, 15) is 14.4 Å². The van der Waals surface area contributed by atoms with Crippen molar-refractivity contribution in [1.29, 1.82) is 0 Å². The van der Waals surface area contributed by atoms with Crippen molar-refractivity contribution in [3.8, 4) is 0 Å². The van der Waals surface area contributed by atoms with Crippen LogP contribution in [0.15, 0.2) is 60.7 Å². The van der Waals surface area contributed by atoms with Crippen LogP contribution in [-0.4, -0.2) is 37.6 Å². The lowest BCUT2D eigenvalue weighted by Crippen LogP contribution is -2.45. The highest BCUT2D eigenvalue weighted by atomic mass is 16.5. The summed E-state index contributed by atoms with van der Waals surface area (Å²) >= 11 is 0. The molecule has 2 aromatic carbocycles. The molecule has 0 radical (unpaired) electrons. The minimum atomic E-state index is -1.09. The highest BCUT2D eigenvalue weighted by Crippen LogP contribution is 2.04. The van der Waals surface area contributed by atoms with Crippen molar-refractivity contribution in [2.24, 2.45) is 0 Å². The quantitative estimate of drug-likeness (QED) is 0.818. The van der Waals surface area contributed by atoms with Gasteiger partial charge in [0.05, 0.1) is 12.7 Å². The smallest absolute Gasteiger partial charge is 0.338 e. The molecule has 1 atom stereocenters. The molecule has 0 bridgehead atoms. The Hall–Kier alpha value is -3.15. The van der Waals surface area contributed by atoms with Crippen molar-refractivity contribution in [1.82, 2.24) is 5.32 Å². The van der Waals surface area contributed by atoms with Gasteiger partial charge in [0.15, 0.2) is 6.04 Å². The van der Waals surface area contributed by atoms with E-state index in [1.165, 1.54) is 7.11 Å². The summed E-state index contributed by atoms with van der Waals surface area (Å²) in [6, 6.07) is 15.7. The van der Waals surface area contributed by atoms with Crippen LogP contribution < -0.4 is 5.32 Å². The summed E-state index contributed by atoms with van der Waals surface area (Å²) in [4.78, 5) is 35.9. The predicted octanol–water partition coefficient (Wildman–Crippen LogP) is 1.81. The molecule has 0 unspecified atom stereocenters.